The summed E-state index contributed by atoms with van der Waals surface area (Å²) in [5, 5.41) is 3.35. The molecule has 5 nitrogen and oxygen atoms in total. The number of ether oxygens (including phenoxy) is 1. The van der Waals surface area contributed by atoms with Crippen molar-refractivity contribution in [2.24, 2.45) is 0 Å². The summed E-state index contributed by atoms with van der Waals surface area (Å²) in [5.74, 6) is 1.75. The minimum atomic E-state index is 0.00463. The highest BCUT2D eigenvalue weighted by atomic mass is 127. The lowest BCUT2D eigenvalue weighted by molar-refractivity contribution is 0.122. The molecule has 1 N–H and O–H groups in total. The van der Waals surface area contributed by atoms with Gasteiger partial charge in [-0.2, -0.15) is 4.98 Å². The van der Waals surface area contributed by atoms with Crippen LogP contribution in [0, 0.1) is 3.57 Å². The molecular weight excluding hydrogens is 367 g/mol. The van der Waals surface area contributed by atoms with E-state index in [1.807, 2.05) is 0 Å². The van der Waals surface area contributed by atoms with Gasteiger partial charge in [-0.15, -0.1) is 0 Å². The predicted molar refractivity (Wildman–Crippen MR) is 90.6 cm³/mol. The number of morpholine rings is 1. The molecule has 0 aromatic carbocycles. The number of rotatable bonds is 3. The summed E-state index contributed by atoms with van der Waals surface area (Å²) >= 11 is 2.35. The highest BCUT2D eigenvalue weighted by molar-refractivity contribution is 14.1. The summed E-state index contributed by atoms with van der Waals surface area (Å²) in [6.07, 6.45) is 0. The fourth-order valence-corrected chi connectivity index (χ4v) is 3.36. The van der Waals surface area contributed by atoms with E-state index < -0.39 is 0 Å². The summed E-state index contributed by atoms with van der Waals surface area (Å²) in [6.45, 7) is 12.7. The smallest absolute Gasteiger partial charge is 0.227 e. The Morgan fingerprint density at radius 1 is 1.25 bits per heavy atom. The van der Waals surface area contributed by atoms with Gasteiger partial charge in [0.05, 0.1) is 22.5 Å². The maximum absolute atomic E-state index is 5.41. The van der Waals surface area contributed by atoms with Gasteiger partial charge in [0.1, 0.15) is 5.82 Å². The minimum absolute atomic E-state index is 0.00463. The Hall–Kier alpha value is -0.630. The first-order chi connectivity index (χ1) is 9.43. The maximum Gasteiger partial charge on any atom is 0.227 e. The molecule has 0 radical (unpaired) electrons. The van der Waals surface area contributed by atoms with Crippen molar-refractivity contribution in [2.45, 2.75) is 33.1 Å². The van der Waals surface area contributed by atoms with Crippen LogP contribution >= 0.6 is 22.6 Å². The number of halogens is 1. The van der Waals surface area contributed by atoms with Gasteiger partial charge in [0.15, 0.2) is 0 Å². The number of hydrogen-bond acceptors (Lipinski definition) is 5. The average molecular weight is 390 g/mol. The topological polar surface area (TPSA) is 50.3 Å². The zero-order valence-corrected chi connectivity index (χ0v) is 14.8. The van der Waals surface area contributed by atoms with E-state index in [0.717, 1.165) is 53.9 Å². The molecule has 1 aromatic heterocycles. The summed E-state index contributed by atoms with van der Waals surface area (Å²) in [4.78, 5) is 11.7. The molecule has 6 heteroatoms. The second-order valence-electron chi connectivity index (χ2n) is 5.91. The third-order valence-corrected chi connectivity index (χ3v) is 4.21. The average Bonchev–Trinajstić information content (AvgIpc) is 2.41. The van der Waals surface area contributed by atoms with Crippen LogP contribution < -0.4 is 10.2 Å². The van der Waals surface area contributed by atoms with Gasteiger partial charge in [-0.1, -0.05) is 20.8 Å². The van der Waals surface area contributed by atoms with Crippen molar-refractivity contribution in [3.8, 4) is 0 Å². The predicted octanol–water partition coefficient (Wildman–Crippen LogP) is 2.65. The van der Waals surface area contributed by atoms with E-state index >= 15 is 0 Å². The molecule has 0 aliphatic carbocycles. The van der Waals surface area contributed by atoms with Crippen molar-refractivity contribution in [3.05, 3.63) is 9.26 Å². The van der Waals surface area contributed by atoms with E-state index in [1.165, 1.54) is 0 Å². The molecule has 0 unspecified atom stereocenters. The molecule has 1 fully saturated rings. The molecular formula is C14H23IN4O. The van der Waals surface area contributed by atoms with Crippen molar-refractivity contribution >= 4 is 34.4 Å². The van der Waals surface area contributed by atoms with Gasteiger partial charge in [0, 0.05) is 25.0 Å². The molecule has 0 atom stereocenters. The molecule has 0 bridgehead atoms. The van der Waals surface area contributed by atoms with Crippen molar-refractivity contribution in [1.82, 2.24) is 9.97 Å². The minimum Gasteiger partial charge on any atom is -0.378 e. The highest BCUT2D eigenvalue weighted by Gasteiger charge is 2.25. The summed E-state index contributed by atoms with van der Waals surface area (Å²) in [6, 6.07) is 0. The Bertz CT molecular complexity index is 467. The maximum atomic E-state index is 5.41. The van der Waals surface area contributed by atoms with Gasteiger partial charge >= 0.3 is 0 Å². The molecule has 112 valence electrons. The van der Waals surface area contributed by atoms with Crippen molar-refractivity contribution < 1.29 is 4.74 Å². The summed E-state index contributed by atoms with van der Waals surface area (Å²) < 4.78 is 6.53. The molecule has 1 aromatic rings. The van der Waals surface area contributed by atoms with Gasteiger partial charge in [-0.25, -0.2) is 4.98 Å². The highest BCUT2D eigenvalue weighted by Crippen LogP contribution is 2.31. The van der Waals surface area contributed by atoms with E-state index in [1.54, 1.807) is 0 Å². The van der Waals surface area contributed by atoms with Crippen LogP contribution in [0.2, 0.25) is 0 Å². The van der Waals surface area contributed by atoms with Crippen LogP contribution in [0.5, 0.6) is 0 Å². The lowest BCUT2D eigenvalue weighted by Crippen LogP contribution is -2.38. The van der Waals surface area contributed by atoms with E-state index in [0.29, 0.717) is 0 Å². The second kappa shape index (κ2) is 6.43. The normalized spacial score (nSPS) is 16.4. The largest absolute Gasteiger partial charge is 0.378 e. The van der Waals surface area contributed by atoms with Gasteiger partial charge < -0.3 is 15.0 Å². The molecule has 2 heterocycles. The Morgan fingerprint density at radius 2 is 1.90 bits per heavy atom. The standard InChI is InChI=1S/C14H23IN4O/c1-5-16-12-10(15)11(14(2,3)4)17-13(18-12)19-6-8-20-9-7-19/h5-9H2,1-4H3,(H,16,17,18). The molecule has 0 spiro atoms. The van der Waals surface area contributed by atoms with Crippen molar-refractivity contribution in [2.75, 3.05) is 43.1 Å². The zero-order chi connectivity index (χ0) is 14.8. The van der Waals surface area contributed by atoms with Crippen LogP contribution in [0.3, 0.4) is 0 Å². The van der Waals surface area contributed by atoms with Gasteiger partial charge in [0.25, 0.3) is 0 Å². The fourth-order valence-electron chi connectivity index (χ4n) is 2.12. The molecule has 1 aliphatic rings. The number of nitrogens with zero attached hydrogens (tertiary/aromatic N) is 3. The van der Waals surface area contributed by atoms with Gasteiger partial charge in [-0.05, 0) is 29.5 Å². The number of hydrogen-bond donors (Lipinski definition) is 1. The third-order valence-electron chi connectivity index (χ3n) is 3.19. The van der Waals surface area contributed by atoms with E-state index in [9.17, 15) is 0 Å². The van der Waals surface area contributed by atoms with Crippen LogP contribution in [0.25, 0.3) is 0 Å². The van der Waals surface area contributed by atoms with Crippen LogP contribution in [-0.4, -0.2) is 42.8 Å². The van der Waals surface area contributed by atoms with Crippen LogP contribution in [0.15, 0.2) is 0 Å². The molecule has 0 amide bonds. The summed E-state index contributed by atoms with van der Waals surface area (Å²) in [7, 11) is 0. The Labute approximate surface area is 134 Å². The fraction of sp³-hybridized carbons (Fsp3) is 0.714. The summed E-state index contributed by atoms with van der Waals surface area (Å²) in [5.41, 5.74) is 1.11. The van der Waals surface area contributed by atoms with Crippen LogP contribution in [-0.2, 0) is 10.2 Å². The van der Waals surface area contributed by atoms with E-state index in [2.05, 4.69) is 60.5 Å². The third kappa shape index (κ3) is 3.52. The lowest BCUT2D eigenvalue weighted by atomic mass is 9.92. The second-order valence-corrected chi connectivity index (χ2v) is 6.99. The van der Waals surface area contributed by atoms with Gasteiger partial charge in [0.2, 0.25) is 5.95 Å². The lowest BCUT2D eigenvalue weighted by Gasteiger charge is -2.29. The SMILES string of the molecule is CCNc1nc(N2CCOCC2)nc(C(C)(C)C)c1I. The Kier molecular flexibility index (Phi) is 5.06. The first-order valence-electron chi connectivity index (χ1n) is 7.08. The zero-order valence-electron chi connectivity index (χ0n) is 12.7. The molecule has 20 heavy (non-hydrogen) atoms. The Balaban J connectivity index is 2.43. The molecule has 0 saturated carbocycles. The molecule has 2 rings (SSSR count). The first-order valence-corrected chi connectivity index (χ1v) is 8.16. The number of nitrogens with one attached hydrogen (secondary N) is 1. The monoisotopic (exact) mass is 390 g/mol. The van der Waals surface area contributed by atoms with Crippen molar-refractivity contribution in [3.63, 3.8) is 0 Å². The Morgan fingerprint density at radius 3 is 2.45 bits per heavy atom. The van der Waals surface area contributed by atoms with E-state index in [-0.39, 0.29) is 5.41 Å². The van der Waals surface area contributed by atoms with Gasteiger partial charge in [-0.3, -0.25) is 0 Å². The quantitative estimate of drug-likeness (QED) is 0.805. The number of anilines is 2. The first kappa shape index (κ1) is 15.8. The van der Waals surface area contributed by atoms with Crippen LogP contribution in [0.1, 0.15) is 33.4 Å². The van der Waals surface area contributed by atoms with Crippen LogP contribution in [0.4, 0.5) is 11.8 Å². The number of aromatic nitrogens is 2. The van der Waals surface area contributed by atoms with Crippen molar-refractivity contribution in [1.29, 1.82) is 0 Å². The molecule has 1 aliphatic heterocycles. The van der Waals surface area contributed by atoms with E-state index in [4.69, 9.17) is 14.7 Å². The molecule has 1 saturated heterocycles.